The smallest absolute Gasteiger partial charge is 0.222 e. The number of rotatable bonds is 22. The number of unbranched alkanes of at least 4 members (excludes halogenated alkanes) is 4. The van der Waals surface area contributed by atoms with Crippen molar-refractivity contribution in [2.75, 3.05) is 26.2 Å². The van der Waals surface area contributed by atoms with Crippen LogP contribution in [0.2, 0.25) is 0 Å². The van der Waals surface area contributed by atoms with E-state index in [9.17, 15) is 19.8 Å². The van der Waals surface area contributed by atoms with E-state index < -0.39 is 10.8 Å². The van der Waals surface area contributed by atoms with Gasteiger partial charge in [-0.05, 0) is 74.3 Å². The topological polar surface area (TPSA) is 81.1 Å². The molecule has 2 N–H and O–H groups in total. The summed E-state index contributed by atoms with van der Waals surface area (Å²) in [6, 6.07) is 3.43. The van der Waals surface area contributed by atoms with Crippen LogP contribution in [0.25, 0.3) is 0 Å². The predicted molar refractivity (Wildman–Crippen MR) is 176 cm³/mol. The number of hydrogen-bond acceptors (Lipinski definition) is 4. The summed E-state index contributed by atoms with van der Waals surface area (Å²) in [5.74, 6) is 0.797. The zero-order valence-electron chi connectivity index (χ0n) is 28.5. The summed E-state index contributed by atoms with van der Waals surface area (Å²) in [6.45, 7) is 20.2. The van der Waals surface area contributed by atoms with Gasteiger partial charge in [0.25, 0.3) is 0 Å². The first-order valence-corrected chi connectivity index (χ1v) is 17.0. The van der Waals surface area contributed by atoms with E-state index >= 15 is 0 Å². The highest BCUT2D eigenvalue weighted by Crippen LogP contribution is 2.43. The number of phenolic OH excluding ortho intramolecular Hbond substituents is 2. The first-order valence-electron chi connectivity index (χ1n) is 17.0. The van der Waals surface area contributed by atoms with Gasteiger partial charge in [0.1, 0.15) is 11.5 Å². The van der Waals surface area contributed by atoms with Crippen molar-refractivity contribution < 1.29 is 19.8 Å². The minimum Gasteiger partial charge on any atom is -0.508 e. The molecular formula is C36H64N2O4. The molecule has 0 aliphatic carbocycles. The first-order chi connectivity index (χ1) is 19.8. The Morgan fingerprint density at radius 2 is 0.857 bits per heavy atom. The fourth-order valence-corrected chi connectivity index (χ4v) is 5.73. The van der Waals surface area contributed by atoms with Crippen LogP contribution in [0, 0.1) is 0 Å². The second-order valence-corrected chi connectivity index (χ2v) is 13.5. The molecule has 0 radical (unpaired) electrons. The minimum absolute atomic E-state index is 0.182. The van der Waals surface area contributed by atoms with Gasteiger partial charge in [0.2, 0.25) is 11.8 Å². The largest absolute Gasteiger partial charge is 0.508 e. The lowest BCUT2D eigenvalue weighted by molar-refractivity contribution is -0.132. The van der Waals surface area contributed by atoms with Crippen LogP contribution in [0.5, 0.6) is 11.5 Å². The Kier molecular flexibility index (Phi) is 17.2. The minimum atomic E-state index is -0.394. The van der Waals surface area contributed by atoms with Crippen molar-refractivity contribution in [3.05, 3.63) is 23.3 Å². The van der Waals surface area contributed by atoms with Gasteiger partial charge in [0, 0.05) is 50.1 Å². The number of carbonyl (C=O) groups excluding carboxylic acids is 2. The van der Waals surface area contributed by atoms with E-state index in [2.05, 4.69) is 55.4 Å². The van der Waals surface area contributed by atoms with Crippen molar-refractivity contribution in [3.63, 3.8) is 0 Å². The maximum Gasteiger partial charge on any atom is 0.222 e. The summed E-state index contributed by atoms with van der Waals surface area (Å²) in [5.41, 5.74) is 0.626. The van der Waals surface area contributed by atoms with E-state index in [0.29, 0.717) is 24.0 Å². The lowest BCUT2D eigenvalue weighted by Crippen LogP contribution is -2.33. The van der Waals surface area contributed by atoms with Crippen molar-refractivity contribution in [3.8, 4) is 11.5 Å². The molecule has 0 heterocycles. The van der Waals surface area contributed by atoms with Crippen LogP contribution in [0.1, 0.15) is 156 Å². The highest BCUT2D eigenvalue weighted by molar-refractivity contribution is 5.76. The van der Waals surface area contributed by atoms with Crippen LogP contribution < -0.4 is 0 Å². The van der Waals surface area contributed by atoms with Gasteiger partial charge in [0.15, 0.2) is 0 Å². The number of benzene rings is 1. The quantitative estimate of drug-likeness (QED) is 0.133. The van der Waals surface area contributed by atoms with E-state index in [0.717, 1.165) is 103 Å². The third kappa shape index (κ3) is 12.6. The van der Waals surface area contributed by atoms with Crippen LogP contribution in [0.3, 0.4) is 0 Å². The molecule has 0 spiro atoms. The Hall–Kier alpha value is -2.24. The predicted octanol–water partition coefficient (Wildman–Crippen LogP) is 8.85. The van der Waals surface area contributed by atoms with Crippen molar-refractivity contribution in [2.45, 2.75) is 156 Å². The first kappa shape index (κ1) is 37.8. The molecule has 0 atom stereocenters. The molecule has 0 aromatic heterocycles. The average Bonchev–Trinajstić information content (AvgIpc) is 2.93. The third-order valence-corrected chi connectivity index (χ3v) is 8.79. The van der Waals surface area contributed by atoms with E-state index in [-0.39, 0.29) is 23.3 Å². The van der Waals surface area contributed by atoms with E-state index in [1.807, 2.05) is 9.80 Å². The van der Waals surface area contributed by atoms with Crippen LogP contribution in [0.15, 0.2) is 12.1 Å². The number of nitrogens with zero attached hydrogens (tertiary/aromatic N) is 2. The van der Waals surface area contributed by atoms with Gasteiger partial charge in [-0.2, -0.15) is 0 Å². The molecular weight excluding hydrogens is 524 g/mol. The third-order valence-electron chi connectivity index (χ3n) is 8.79. The summed E-state index contributed by atoms with van der Waals surface area (Å²) in [4.78, 5) is 29.9. The molecule has 0 unspecified atom stereocenters. The summed E-state index contributed by atoms with van der Waals surface area (Å²) >= 11 is 0. The number of carbonyl (C=O) groups is 2. The van der Waals surface area contributed by atoms with Crippen molar-refractivity contribution in [1.82, 2.24) is 9.80 Å². The Morgan fingerprint density at radius 1 is 0.571 bits per heavy atom. The van der Waals surface area contributed by atoms with Crippen LogP contribution in [-0.4, -0.2) is 58.0 Å². The molecule has 0 bridgehead atoms. The van der Waals surface area contributed by atoms with E-state index in [1.54, 1.807) is 12.1 Å². The Labute approximate surface area is 258 Å². The maximum absolute atomic E-state index is 12.9. The normalized spacial score (nSPS) is 12.0. The molecule has 1 aromatic carbocycles. The molecule has 0 aliphatic rings. The maximum atomic E-state index is 12.9. The number of phenols is 2. The lowest BCUT2D eigenvalue weighted by atomic mass is 9.75. The van der Waals surface area contributed by atoms with Crippen molar-refractivity contribution in [2.24, 2.45) is 0 Å². The second-order valence-electron chi connectivity index (χ2n) is 13.5. The zero-order valence-corrected chi connectivity index (χ0v) is 28.5. The van der Waals surface area contributed by atoms with Gasteiger partial charge >= 0.3 is 0 Å². The van der Waals surface area contributed by atoms with Crippen LogP contribution in [-0.2, 0) is 20.4 Å². The van der Waals surface area contributed by atoms with Gasteiger partial charge in [-0.25, -0.2) is 0 Å². The van der Waals surface area contributed by atoms with Gasteiger partial charge in [-0.1, -0.05) is 81.1 Å². The van der Waals surface area contributed by atoms with E-state index in [4.69, 9.17) is 0 Å². The lowest BCUT2D eigenvalue weighted by Gasteiger charge is -2.31. The number of aromatic hydroxyl groups is 2. The van der Waals surface area contributed by atoms with Gasteiger partial charge in [-0.15, -0.1) is 0 Å². The Balaban J connectivity index is 2.85. The monoisotopic (exact) mass is 588 g/mol. The van der Waals surface area contributed by atoms with Crippen molar-refractivity contribution in [1.29, 1.82) is 0 Å². The second kappa shape index (κ2) is 19.1. The summed E-state index contributed by atoms with van der Waals surface area (Å²) in [7, 11) is 0. The van der Waals surface area contributed by atoms with Crippen LogP contribution >= 0.6 is 0 Å². The summed E-state index contributed by atoms with van der Waals surface area (Å²) in [6.07, 6.45) is 12.4. The fourth-order valence-electron chi connectivity index (χ4n) is 5.73. The molecule has 2 amide bonds. The molecule has 6 nitrogen and oxygen atoms in total. The highest BCUT2D eigenvalue weighted by Gasteiger charge is 2.30. The Morgan fingerprint density at radius 3 is 1.12 bits per heavy atom. The van der Waals surface area contributed by atoms with Gasteiger partial charge in [0.05, 0.1) is 0 Å². The molecule has 1 aromatic rings. The average molecular weight is 589 g/mol. The fraction of sp³-hybridized carbons (Fsp3) is 0.778. The molecule has 42 heavy (non-hydrogen) atoms. The molecule has 0 saturated heterocycles. The molecule has 0 saturated carbocycles. The molecule has 1 rings (SSSR count). The molecule has 242 valence electrons. The zero-order chi connectivity index (χ0) is 31.8. The standard InChI is InChI=1S/C36H64N2O4/c1-9-13-23-37(24-14-10-2)33(41)19-17-21-35(5,6)29-27-32(40)30(28-31(29)39)36(7,8)22-18-20-34(42)38(25-15-11-3)26-16-12-4/h27-28,39-40H,9-26H2,1-8H3. The number of amides is 2. The summed E-state index contributed by atoms with van der Waals surface area (Å²) < 4.78 is 0. The molecule has 0 aliphatic heterocycles. The number of hydrogen-bond donors (Lipinski definition) is 2. The van der Waals surface area contributed by atoms with E-state index in [1.165, 1.54) is 0 Å². The highest BCUT2D eigenvalue weighted by atomic mass is 16.3. The van der Waals surface area contributed by atoms with Crippen molar-refractivity contribution >= 4 is 11.8 Å². The van der Waals surface area contributed by atoms with Gasteiger partial charge < -0.3 is 20.0 Å². The van der Waals surface area contributed by atoms with Crippen LogP contribution in [0.4, 0.5) is 0 Å². The SMILES string of the molecule is CCCCN(CCCC)C(=O)CCCC(C)(C)c1cc(O)c(C(C)(C)CCCC(=O)N(CCCC)CCCC)cc1O. The molecule has 6 heteroatoms. The van der Waals surface area contributed by atoms with Gasteiger partial charge in [-0.3, -0.25) is 9.59 Å². The Bertz CT molecular complexity index is 849. The molecule has 0 fully saturated rings. The summed E-state index contributed by atoms with van der Waals surface area (Å²) in [5, 5.41) is 22.2.